The molecule has 2 rings (SSSR count). The van der Waals surface area contributed by atoms with Gasteiger partial charge in [0.2, 0.25) is 0 Å². The van der Waals surface area contributed by atoms with Crippen molar-refractivity contribution in [3.05, 3.63) is 34.3 Å². The second-order valence-electron chi connectivity index (χ2n) is 4.13. The van der Waals surface area contributed by atoms with Gasteiger partial charge in [0.1, 0.15) is 0 Å². The van der Waals surface area contributed by atoms with Crippen LogP contribution >= 0.6 is 11.6 Å². The van der Waals surface area contributed by atoms with Gasteiger partial charge in [0.25, 0.3) is 0 Å². The highest BCUT2D eigenvalue weighted by Gasteiger charge is 2.34. The Labute approximate surface area is 96.4 Å². The fourth-order valence-corrected chi connectivity index (χ4v) is 1.94. The smallest absolute Gasteiger partial charge is 0.324 e. The molecule has 16 heavy (non-hydrogen) atoms. The van der Waals surface area contributed by atoms with E-state index in [4.69, 9.17) is 17.3 Å². The summed E-state index contributed by atoms with van der Waals surface area (Å²) in [5.41, 5.74) is 5.60. The van der Waals surface area contributed by atoms with Crippen LogP contribution < -0.4 is 5.73 Å². The molecule has 0 unspecified atom stereocenters. The molecule has 1 saturated carbocycles. The van der Waals surface area contributed by atoms with Crippen molar-refractivity contribution >= 4 is 11.6 Å². The minimum atomic E-state index is -4.37. The van der Waals surface area contributed by atoms with Crippen LogP contribution in [0.25, 0.3) is 0 Å². The van der Waals surface area contributed by atoms with Crippen molar-refractivity contribution in [3.63, 3.8) is 0 Å². The van der Waals surface area contributed by atoms with Gasteiger partial charge in [-0.05, 0) is 42.5 Å². The largest absolute Gasteiger partial charge is 0.416 e. The summed E-state index contributed by atoms with van der Waals surface area (Å²) in [6.45, 7) is 0. The molecule has 88 valence electrons. The minimum Gasteiger partial charge on any atom is -0.324 e. The predicted octanol–water partition coefficient (Wildman–Crippen LogP) is 3.77. The van der Waals surface area contributed by atoms with Crippen LogP contribution in [0.4, 0.5) is 13.2 Å². The van der Waals surface area contributed by atoms with Crippen molar-refractivity contribution in [2.75, 3.05) is 0 Å². The van der Waals surface area contributed by atoms with Crippen LogP contribution in [0.2, 0.25) is 5.02 Å². The van der Waals surface area contributed by atoms with Gasteiger partial charge in [0, 0.05) is 11.1 Å². The van der Waals surface area contributed by atoms with Crippen molar-refractivity contribution in [1.82, 2.24) is 0 Å². The van der Waals surface area contributed by atoms with Crippen LogP contribution in [0, 0.1) is 5.92 Å². The number of halogens is 4. The molecular weight excluding hydrogens is 239 g/mol. The Kier molecular flexibility index (Phi) is 2.88. The molecule has 2 N–H and O–H groups in total. The van der Waals surface area contributed by atoms with E-state index in [-0.39, 0.29) is 11.1 Å². The Balaban J connectivity index is 2.35. The lowest BCUT2D eigenvalue weighted by atomic mass is 10.0. The first-order chi connectivity index (χ1) is 7.38. The normalized spacial score (nSPS) is 18.6. The zero-order chi connectivity index (χ0) is 11.9. The lowest BCUT2D eigenvalue weighted by Gasteiger charge is -2.14. The molecule has 1 fully saturated rings. The molecular formula is C11H11ClF3N. The fraction of sp³-hybridized carbons (Fsp3) is 0.455. The summed E-state index contributed by atoms with van der Waals surface area (Å²) in [5, 5.41) is 0.0842. The van der Waals surface area contributed by atoms with E-state index in [0.29, 0.717) is 11.5 Å². The summed E-state index contributed by atoms with van der Waals surface area (Å²) in [6, 6.07) is 3.19. The van der Waals surface area contributed by atoms with Crippen molar-refractivity contribution in [3.8, 4) is 0 Å². The maximum absolute atomic E-state index is 12.5. The van der Waals surface area contributed by atoms with Crippen LogP contribution in [0.15, 0.2) is 18.2 Å². The molecule has 0 heterocycles. The zero-order valence-corrected chi connectivity index (χ0v) is 9.15. The zero-order valence-electron chi connectivity index (χ0n) is 8.39. The molecule has 0 radical (unpaired) electrons. The first kappa shape index (κ1) is 11.7. The first-order valence-electron chi connectivity index (χ1n) is 5.01. The predicted molar refractivity (Wildman–Crippen MR) is 56.1 cm³/mol. The molecule has 0 spiro atoms. The molecule has 0 bridgehead atoms. The SMILES string of the molecule is N[C@@H](c1cc(Cl)cc(C(F)(F)F)c1)C1CC1. The number of rotatable bonds is 2. The standard InChI is InChI=1S/C11H11ClF3N/c12-9-4-7(10(16)6-1-2-6)3-8(5-9)11(13,14)15/h3-6,10H,1-2,16H2/t10-/m1/s1. The van der Waals surface area contributed by atoms with Gasteiger partial charge in [-0.3, -0.25) is 0 Å². The Hall–Kier alpha value is -0.740. The summed E-state index contributed by atoms with van der Waals surface area (Å²) >= 11 is 5.67. The van der Waals surface area contributed by atoms with E-state index in [0.717, 1.165) is 25.0 Å². The molecule has 1 atom stereocenters. The minimum absolute atomic E-state index is 0.0842. The molecule has 1 nitrogen and oxygen atoms in total. The molecule has 0 amide bonds. The fourth-order valence-electron chi connectivity index (χ4n) is 1.70. The van der Waals surface area contributed by atoms with E-state index in [9.17, 15) is 13.2 Å². The molecule has 1 aliphatic carbocycles. The number of hydrogen-bond acceptors (Lipinski definition) is 1. The molecule has 0 saturated heterocycles. The summed E-state index contributed by atoms with van der Waals surface area (Å²) in [7, 11) is 0. The Morgan fingerprint density at radius 1 is 1.25 bits per heavy atom. The molecule has 0 aromatic heterocycles. The Morgan fingerprint density at radius 3 is 2.38 bits per heavy atom. The van der Waals surface area contributed by atoms with Crippen LogP contribution in [0.3, 0.4) is 0 Å². The van der Waals surface area contributed by atoms with E-state index in [2.05, 4.69) is 0 Å². The Morgan fingerprint density at radius 2 is 1.88 bits per heavy atom. The monoisotopic (exact) mass is 249 g/mol. The van der Waals surface area contributed by atoms with E-state index < -0.39 is 11.7 Å². The topological polar surface area (TPSA) is 26.0 Å². The number of alkyl halides is 3. The highest BCUT2D eigenvalue weighted by atomic mass is 35.5. The molecule has 1 aromatic carbocycles. The summed E-state index contributed by atoms with van der Waals surface area (Å²) in [5.74, 6) is 0.305. The first-order valence-corrected chi connectivity index (χ1v) is 5.39. The number of nitrogens with two attached hydrogens (primary N) is 1. The quantitative estimate of drug-likeness (QED) is 0.848. The number of benzene rings is 1. The van der Waals surface area contributed by atoms with Crippen molar-refractivity contribution in [2.45, 2.75) is 25.1 Å². The van der Waals surface area contributed by atoms with Gasteiger partial charge in [-0.2, -0.15) is 13.2 Å². The van der Waals surface area contributed by atoms with E-state index in [1.54, 1.807) is 0 Å². The second-order valence-corrected chi connectivity index (χ2v) is 4.57. The highest BCUT2D eigenvalue weighted by Crippen LogP contribution is 2.41. The average Bonchev–Trinajstić information content (AvgIpc) is 2.97. The third-order valence-corrected chi connectivity index (χ3v) is 2.98. The average molecular weight is 250 g/mol. The van der Waals surface area contributed by atoms with Crippen molar-refractivity contribution in [1.29, 1.82) is 0 Å². The lowest BCUT2D eigenvalue weighted by Crippen LogP contribution is -2.14. The van der Waals surface area contributed by atoms with Crippen molar-refractivity contribution < 1.29 is 13.2 Å². The molecule has 0 aliphatic heterocycles. The van der Waals surface area contributed by atoms with Crippen LogP contribution in [0.1, 0.15) is 30.0 Å². The maximum Gasteiger partial charge on any atom is 0.416 e. The van der Waals surface area contributed by atoms with Gasteiger partial charge in [-0.15, -0.1) is 0 Å². The van der Waals surface area contributed by atoms with Crippen LogP contribution in [-0.4, -0.2) is 0 Å². The van der Waals surface area contributed by atoms with Gasteiger partial charge < -0.3 is 5.73 Å². The molecule has 1 aliphatic rings. The Bertz CT molecular complexity index is 399. The summed E-state index contributed by atoms with van der Waals surface area (Å²) in [4.78, 5) is 0. The lowest BCUT2D eigenvalue weighted by molar-refractivity contribution is -0.137. The molecule has 5 heteroatoms. The third kappa shape index (κ3) is 2.50. The van der Waals surface area contributed by atoms with Crippen molar-refractivity contribution in [2.24, 2.45) is 11.7 Å². The van der Waals surface area contributed by atoms with Crippen LogP contribution in [-0.2, 0) is 6.18 Å². The van der Waals surface area contributed by atoms with Gasteiger partial charge in [0.05, 0.1) is 5.56 Å². The van der Waals surface area contributed by atoms with E-state index in [1.165, 1.54) is 6.07 Å². The van der Waals surface area contributed by atoms with E-state index in [1.807, 2.05) is 0 Å². The third-order valence-electron chi connectivity index (χ3n) is 2.76. The highest BCUT2D eigenvalue weighted by molar-refractivity contribution is 6.30. The summed E-state index contributed by atoms with van der Waals surface area (Å²) in [6.07, 6.45) is -2.41. The van der Waals surface area contributed by atoms with Crippen LogP contribution in [0.5, 0.6) is 0 Å². The van der Waals surface area contributed by atoms with E-state index >= 15 is 0 Å². The van der Waals surface area contributed by atoms with Gasteiger partial charge >= 0.3 is 6.18 Å². The van der Waals surface area contributed by atoms with Gasteiger partial charge in [-0.1, -0.05) is 11.6 Å². The molecule has 1 aromatic rings. The summed E-state index contributed by atoms with van der Waals surface area (Å²) < 4.78 is 37.6. The van der Waals surface area contributed by atoms with Gasteiger partial charge in [0.15, 0.2) is 0 Å². The van der Waals surface area contributed by atoms with Gasteiger partial charge in [-0.25, -0.2) is 0 Å². The second kappa shape index (κ2) is 3.93. The number of hydrogen-bond donors (Lipinski definition) is 1. The maximum atomic E-state index is 12.5.